The van der Waals surface area contributed by atoms with Crippen molar-refractivity contribution in [3.8, 4) is 0 Å². The van der Waals surface area contributed by atoms with Gasteiger partial charge >= 0.3 is 0 Å². The molecule has 1 aromatic heterocycles. The highest BCUT2D eigenvalue weighted by molar-refractivity contribution is 7.12. The number of rotatable bonds is 2. The summed E-state index contributed by atoms with van der Waals surface area (Å²) in [6, 6.07) is 11.1. The lowest BCUT2D eigenvalue weighted by molar-refractivity contribution is 0.499. The van der Waals surface area contributed by atoms with Gasteiger partial charge < -0.3 is 5.73 Å². The first-order valence-corrected chi connectivity index (χ1v) is 6.89. The van der Waals surface area contributed by atoms with Gasteiger partial charge in [0, 0.05) is 21.7 Å². The Balaban J connectivity index is 1.91. The van der Waals surface area contributed by atoms with Gasteiger partial charge in [0.1, 0.15) is 0 Å². The molecule has 0 saturated carbocycles. The Bertz CT molecular complexity index is 556. The summed E-state index contributed by atoms with van der Waals surface area (Å²) in [5, 5.41) is 0. The molecule has 2 atom stereocenters. The van der Waals surface area contributed by atoms with E-state index in [4.69, 9.17) is 5.73 Å². The lowest BCUT2D eigenvalue weighted by Crippen LogP contribution is -2.29. The first-order chi connectivity index (χ1) is 8.16. The molecule has 0 spiro atoms. The third kappa shape index (κ3) is 1.72. The third-order valence-electron chi connectivity index (χ3n) is 3.77. The summed E-state index contributed by atoms with van der Waals surface area (Å²) in [6.45, 7) is 4.33. The van der Waals surface area contributed by atoms with Gasteiger partial charge in [-0.1, -0.05) is 24.3 Å². The van der Waals surface area contributed by atoms with Crippen LogP contribution in [0.15, 0.2) is 30.3 Å². The molecule has 1 aliphatic carbocycles. The normalized spacial score (nSPS) is 19.6. The van der Waals surface area contributed by atoms with Crippen LogP contribution in [0.4, 0.5) is 0 Å². The average molecular weight is 243 g/mol. The van der Waals surface area contributed by atoms with E-state index < -0.39 is 0 Å². The molecule has 1 nitrogen and oxygen atoms in total. The Labute approximate surface area is 106 Å². The highest BCUT2D eigenvalue weighted by Crippen LogP contribution is 2.43. The van der Waals surface area contributed by atoms with Crippen LogP contribution >= 0.6 is 11.3 Å². The molecule has 1 aromatic carbocycles. The van der Waals surface area contributed by atoms with E-state index in [0.29, 0.717) is 5.92 Å². The van der Waals surface area contributed by atoms with E-state index in [1.54, 1.807) is 0 Å². The van der Waals surface area contributed by atoms with Crippen LogP contribution in [-0.4, -0.2) is 0 Å². The van der Waals surface area contributed by atoms with Crippen molar-refractivity contribution in [3.05, 3.63) is 56.8 Å². The highest BCUT2D eigenvalue weighted by Gasteiger charge is 2.32. The van der Waals surface area contributed by atoms with Crippen LogP contribution in [0, 0.1) is 13.8 Å². The van der Waals surface area contributed by atoms with Crippen LogP contribution < -0.4 is 5.73 Å². The summed E-state index contributed by atoms with van der Waals surface area (Å²) >= 11 is 1.85. The minimum atomic E-state index is 0.162. The van der Waals surface area contributed by atoms with Gasteiger partial charge in [-0.3, -0.25) is 0 Å². The van der Waals surface area contributed by atoms with Crippen LogP contribution in [0.2, 0.25) is 0 Å². The van der Waals surface area contributed by atoms with Crippen molar-refractivity contribution < 1.29 is 0 Å². The highest BCUT2D eigenvalue weighted by atomic mass is 32.1. The molecule has 88 valence electrons. The minimum absolute atomic E-state index is 0.162. The number of benzene rings is 1. The maximum atomic E-state index is 6.44. The predicted octanol–water partition coefficient (Wildman–Crippen LogP) is 3.70. The molecule has 0 fully saturated rings. The Morgan fingerprint density at radius 1 is 1.29 bits per heavy atom. The summed E-state index contributed by atoms with van der Waals surface area (Å²) in [5.41, 5.74) is 10.7. The van der Waals surface area contributed by atoms with Crippen molar-refractivity contribution >= 4 is 11.3 Å². The van der Waals surface area contributed by atoms with Gasteiger partial charge in [0.2, 0.25) is 0 Å². The van der Waals surface area contributed by atoms with E-state index in [0.717, 1.165) is 6.42 Å². The summed E-state index contributed by atoms with van der Waals surface area (Å²) in [6.07, 6.45) is 1.13. The molecule has 2 heteroatoms. The standard InChI is InChI=1S/C15H17NS/c1-9-7-13(10(2)17-9)15(16)14-8-11-5-3-4-6-12(11)14/h3-7,14-15H,8,16H2,1-2H3. The van der Waals surface area contributed by atoms with Crippen molar-refractivity contribution in [2.75, 3.05) is 0 Å². The first-order valence-electron chi connectivity index (χ1n) is 6.07. The van der Waals surface area contributed by atoms with Crippen molar-refractivity contribution in [3.63, 3.8) is 0 Å². The lowest BCUT2D eigenvalue weighted by Gasteiger charge is -2.34. The van der Waals surface area contributed by atoms with E-state index in [1.807, 2.05) is 11.3 Å². The predicted molar refractivity (Wildman–Crippen MR) is 73.6 cm³/mol. The van der Waals surface area contributed by atoms with Gasteiger partial charge in [0.15, 0.2) is 0 Å². The van der Waals surface area contributed by atoms with Crippen LogP contribution in [0.5, 0.6) is 0 Å². The molecular weight excluding hydrogens is 226 g/mol. The quantitative estimate of drug-likeness (QED) is 0.855. The van der Waals surface area contributed by atoms with Crippen molar-refractivity contribution in [1.82, 2.24) is 0 Å². The molecule has 17 heavy (non-hydrogen) atoms. The van der Waals surface area contributed by atoms with E-state index in [-0.39, 0.29) is 6.04 Å². The zero-order valence-electron chi connectivity index (χ0n) is 10.2. The maximum absolute atomic E-state index is 6.44. The van der Waals surface area contributed by atoms with Gasteiger partial charge in [-0.15, -0.1) is 11.3 Å². The molecule has 2 aromatic rings. The average Bonchev–Trinajstić information content (AvgIpc) is 2.59. The molecule has 0 amide bonds. The molecule has 1 heterocycles. The SMILES string of the molecule is Cc1cc(C(N)C2Cc3ccccc32)c(C)s1. The number of aryl methyl sites for hydroxylation is 2. The third-order valence-corrected chi connectivity index (χ3v) is 4.75. The smallest absolute Gasteiger partial charge is 0.0378 e. The fourth-order valence-electron chi connectivity index (χ4n) is 2.82. The zero-order valence-corrected chi connectivity index (χ0v) is 11.1. The largest absolute Gasteiger partial charge is 0.323 e. The number of hydrogen-bond donors (Lipinski definition) is 1. The fraction of sp³-hybridized carbons (Fsp3) is 0.333. The minimum Gasteiger partial charge on any atom is -0.323 e. The van der Waals surface area contributed by atoms with E-state index in [1.165, 1.54) is 26.4 Å². The maximum Gasteiger partial charge on any atom is 0.0378 e. The Hall–Kier alpha value is -1.12. The lowest BCUT2D eigenvalue weighted by atomic mass is 9.72. The van der Waals surface area contributed by atoms with Crippen molar-refractivity contribution in [2.45, 2.75) is 32.2 Å². The number of fused-ring (bicyclic) bond motifs is 1. The summed E-state index contributed by atoms with van der Waals surface area (Å²) in [4.78, 5) is 2.74. The molecule has 0 aliphatic heterocycles. The molecule has 2 unspecified atom stereocenters. The Morgan fingerprint density at radius 2 is 2.06 bits per heavy atom. The molecule has 1 aliphatic rings. The second-order valence-corrected chi connectivity index (χ2v) is 6.36. The van der Waals surface area contributed by atoms with Crippen LogP contribution in [0.25, 0.3) is 0 Å². The molecule has 0 bridgehead atoms. The van der Waals surface area contributed by atoms with E-state index >= 15 is 0 Å². The molecule has 3 rings (SSSR count). The van der Waals surface area contributed by atoms with Gasteiger partial charge in [-0.25, -0.2) is 0 Å². The van der Waals surface area contributed by atoms with Gasteiger partial charge in [-0.2, -0.15) is 0 Å². The second kappa shape index (κ2) is 3.97. The van der Waals surface area contributed by atoms with Gasteiger partial charge in [-0.05, 0) is 43.0 Å². The molecular formula is C15H17NS. The summed E-state index contributed by atoms with van der Waals surface area (Å²) in [5.74, 6) is 0.513. The summed E-state index contributed by atoms with van der Waals surface area (Å²) < 4.78 is 0. The molecule has 0 radical (unpaired) electrons. The van der Waals surface area contributed by atoms with Crippen molar-refractivity contribution in [1.29, 1.82) is 0 Å². The Morgan fingerprint density at radius 3 is 2.71 bits per heavy atom. The van der Waals surface area contributed by atoms with Crippen LogP contribution in [-0.2, 0) is 6.42 Å². The van der Waals surface area contributed by atoms with Crippen LogP contribution in [0.1, 0.15) is 38.4 Å². The van der Waals surface area contributed by atoms with Crippen LogP contribution in [0.3, 0.4) is 0 Å². The fourth-order valence-corrected chi connectivity index (χ4v) is 3.80. The first kappa shape index (κ1) is 11.0. The number of nitrogens with two attached hydrogens (primary N) is 1. The second-order valence-electron chi connectivity index (χ2n) is 4.90. The van der Waals surface area contributed by atoms with Gasteiger partial charge in [0.25, 0.3) is 0 Å². The zero-order chi connectivity index (χ0) is 12.0. The number of hydrogen-bond acceptors (Lipinski definition) is 2. The summed E-state index contributed by atoms with van der Waals surface area (Å²) in [7, 11) is 0. The van der Waals surface area contributed by atoms with Gasteiger partial charge in [0.05, 0.1) is 0 Å². The molecule has 0 saturated heterocycles. The molecule has 2 N–H and O–H groups in total. The van der Waals surface area contributed by atoms with E-state index in [2.05, 4.69) is 44.2 Å². The van der Waals surface area contributed by atoms with Crippen molar-refractivity contribution in [2.24, 2.45) is 5.73 Å². The topological polar surface area (TPSA) is 26.0 Å². The number of thiophene rings is 1. The monoisotopic (exact) mass is 243 g/mol. The van der Waals surface area contributed by atoms with E-state index in [9.17, 15) is 0 Å². The Kier molecular flexibility index (Phi) is 2.57.